The second-order valence-electron chi connectivity index (χ2n) is 4.58. The van der Waals surface area contributed by atoms with Crippen LogP contribution >= 0.6 is 0 Å². The highest BCUT2D eigenvalue weighted by Crippen LogP contribution is 2.38. The zero-order valence-corrected chi connectivity index (χ0v) is 9.74. The number of aliphatic hydroxyl groups is 3. The molecule has 0 spiro atoms. The number of ether oxygens (including phenoxy) is 2. The molecule has 0 aromatic heterocycles. The third kappa shape index (κ3) is 1.74. The van der Waals surface area contributed by atoms with E-state index in [0.717, 1.165) is 0 Å². The predicted octanol–water partition coefficient (Wildman–Crippen LogP) is -2.33. The fourth-order valence-corrected chi connectivity index (χ4v) is 2.30. The van der Waals surface area contributed by atoms with Gasteiger partial charge >= 0.3 is 0 Å². The predicted molar refractivity (Wildman–Crippen MR) is 54.9 cm³/mol. The molecule has 2 aliphatic heterocycles. The SMILES string of the molecule is CC(=O)N(C)[C@H]1[C@@H]2OC[C@](CO)(O2)[C@H](O)[C@@H]1O. The molecule has 2 rings (SSSR count). The molecule has 0 saturated carbocycles. The van der Waals surface area contributed by atoms with Crippen molar-refractivity contribution in [3.63, 3.8) is 0 Å². The largest absolute Gasteiger partial charge is 0.393 e. The van der Waals surface area contributed by atoms with Gasteiger partial charge in [-0.15, -0.1) is 0 Å². The molecule has 2 bridgehead atoms. The Morgan fingerprint density at radius 3 is 2.71 bits per heavy atom. The van der Waals surface area contributed by atoms with Crippen LogP contribution in [0.2, 0.25) is 0 Å². The highest BCUT2D eigenvalue weighted by Gasteiger charge is 2.60. The van der Waals surface area contributed by atoms with Gasteiger partial charge in [0.15, 0.2) is 6.29 Å². The molecule has 2 fully saturated rings. The Labute approximate surface area is 98.5 Å². The lowest BCUT2D eigenvalue weighted by Crippen LogP contribution is -2.66. The average molecular weight is 247 g/mol. The first kappa shape index (κ1) is 12.7. The Bertz CT molecular complexity index is 324. The zero-order chi connectivity index (χ0) is 12.8. The summed E-state index contributed by atoms with van der Waals surface area (Å²) < 4.78 is 10.7. The van der Waals surface area contributed by atoms with Gasteiger partial charge in [0.05, 0.1) is 13.2 Å². The van der Waals surface area contributed by atoms with E-state index in [0.29, 0.717) is 0 Å². The first-order valence-electron chi connectivity index (χ1n) is 5.43. The van der Waals surface area contributed by atoms with Gasteiger partial charge in [-0.3, -0.25) is 4.79 Å². The van der Waals surface area contributed by atoms with Crippen molar-refractivity contribution in [2.75, 3.05) is 20.3 Å². The standard InChI is InChI=1S/C10H17NO6/c1-5(13)11(2)6-7(14)8(15)10(3-12)4-16-9(6)17-10/h6-9,12,14-15H,3-4H2,1-2H3/t6-,7-,8-,9-,10+/m1/s1. The van der Waals surface area contributed by atoms with Gasteiger partial charge < -0.3 is 29.7 Å². The fourth-order valence-electron chi connectivity index (χ4n) is 2.30. The van der Waals surface area contributed by atoms with E-state index in [2.05, 4.69) is 0 Å². The molecule has 0 aliphatic carbocycles. The topological polar surface area (TPSA) is 99.5 Å². The van der Waals surface area contributed by atoms with Crippen molar-refractivity contribution in [3.8, 4) is 0 Å². The number of carbonyl (C=O) groups excluding carboxylic acids is 1. The van der Waals surface area contributed by atoms with E-state index in [1.807, 2.05) is 0 Å². The molecule has 2 heterocycles. The van der Waals surface area contributed by atoms with Crippen LogP contribution < -0.4 is 0 Å². The summed E-state index contributed by atoms with van der Waals surface area (Å²) in [7, 11) is 1.50. The summed E-state index contributed by atoms with van der Waals surface area (Å²) in [5.41, 5.74) is -1.28. The maximum atomic E-state index is 11.3. The van der Waals surface area contributed by atoms with Crippen LogP contribution in [0.3, 0.4) is 0 Å². The van der Waals surface area contributed by atoms with Crippen LogP contribution in [-0.2, 0) is 14.3 Å². The van der Waals surface area contributed by atoms with Gasteiger partial charge in [0.2, 0.25) is 5.91 Å². The van der Waals surface area contributed by atoms with Crippen LogP contribution in [0.25, 0.3) is 0 Å². The summed E-state index contributed by atoms with van der Waals surface area (Å²) in [6, 6.07) is -0.773. The van der Waals surface area contributed by atoms with Gasteiger partial charge in [-0.25, -0.2) is 0 Å². The second-order valence-corrected chi connectivity index (χ2v) is 4.58. The number of likely N-dealkylation sites (N-methyl/N-ethyl adjacent to an activating group) is 1. The second kappa shape index (κ2) is 4.18. The van der Waals surface area contributed by atoms with Crippen LogP contribution in [0, 0.1) is 0 Å². The molecule has 1 amide bonds. The first-order valence-corrected chi connectivity index (χ1v) is 5.43. The third-order valence-corrected chi connectivity index (χ3v) is 3.55. The normalized spacial score (nSPS) is 44.8. The number of hydrogen-bond donors (Lipinski definition) is 3. The number of hydrogen-bond acceptors (Lipinski definition) is 6. The van der Waals surface area contributed by atoms with Crippen molar-refractivity contribution in [1.29, 1.82) is 0 Å². The lowest BCUT2D eigenvalue weighted by molar-refractivity contribution is -0.248. The Morgan fingerprint density at radius 2 is 2.18 bits per heavy atom. The Hall–Kier alpha value is -0.730. The third-order valence-electron chi connectivity index (χ3n) is 3.55. The lowest BCUT2D eigenvalue weighted by atomic mass is 9.88. The summed E-state index contributed by atoms with van der Waals surface area (Å²) in [6.45, 7) is 0.898. The fraction of sp³-hybridized carbons (Fsp3) is 0.900. The van der Waals surface area contributed by atoms with Gasteiger partial charge in [0.1, 0.15) is 23.9 Å². The Morgan fingerprint density at radius 1 is 1.53 bits per heavy atom. The number of amides is 1. The molecule has 0 radical (unpaired) electrons. The van der Waals surface area contributed by atoms with E-state index in [-0.39, 0.29) is 12.5 Å². The van der Waals surface area contributed by atoms with E-state index < -0.39 is 36.7 Å². The minimum Gasteiger partial charge on any atom is -0.393 e. The molecule has 98 valence electrons. The van der Waals surface area contributed by atoms with Crippen LogP contribution in [0.5, 0.6) is 0 Å². The summed E-state index contributed by atoms with van der Waals surface area (Å²) in [5, 5.41) is 29.2. The lowest BCUT2D eigenvalue weighted by Gasteiger charge is -2.44. The molecule has 0 aromatic rings. The molecule has 5 atom stereocenters. The van der Waals surface area contributed by atoms with Crippen LogP contribution in [0.1, 0.15) is 6.92 Å². The van der Waals surface area contributed by atoms with E-state index >= 15 is 0 Å². The molecule has 3 N–H and O–H groups in total. The van der Waals surface area contributed by atoms with E-state index in [1.54, 1.807) is 0 Å². The highest BCUT2D eigenvalue weighted by atomic mass is 16.7. The molecule has 0 aromatic carbocycles. The summed E-state index contributed by atoms with van der Waals surface area (Å²) in [4.78, 5) is 12.6. The van der Waals surface area contributed by atoms with Gasteiger partial charge in [-0.1, -0.05) is 0 Å². The van der Waals surface area contributed by atoms with Crippen molar-refractivity contribution in [2.24, 2.45) is 0 Å². The first-order chi connectivity index (χ1) is 7.93. The number of carbonyl (C=O) groups is 1. The van der Waals surface area contributed by atoms with Crippen molar-refractivity contribution in [2.45, 2.75) is 37.1 Å². The Kier molecular flexibility index (Phi) is 3.13. The molecule has 2 aliphatic rings. The molecule has 7 heteroatoms. The molecule has 2 saturated heterocycles. The molecular formula is C10H17NO6. The number of aliphatic hydroxyl groups excluding tert-OH is 3. The summed E-state index contributed by atoms with van der Waals surface area (Å²) in [6.07, 6.45) is -3.33. The minimum absolute atomic E-state index is 0.00532. The van der Waals surface area contributed by atoms with E-state index in [9.17, 15) is 20.1 Å². The number of fused-ring (bicyclic) bond motifs is 2. The van der Waals surface area contributed by atoms with Crippen molar-refractivity contribution >= 4 is 5.91 Å². The van der Waals surface area contributed by atoms with Crippen molar-refractivity contribution in [1.82, 2.24) is 4.90 Å². The van der Waals surface area contributed by atoms with Crippen LogP contribution in [-0.4, -0.2) is 76.5 Å². The van der Waals surface area contributed by atoms with Gasteiger partial charge in [-0.05, 0) is 0 Å². The zero-order valence-electron chi connectivity index (χ0n) is 9.74. The van der Waals surface area contributed by atoms with Crippen LogP contribution in [0.15, 0.2) is 0 Å². The summed E-state index contributed by atoms with van der Waals surface area (Å²) >= 11 is 0. The van der Waals surface area contributed by atoms with E-state index in [4.69, 9.17) is 9.47 Å². The Balaban J connectivity index is 2.25. The molecular weight excluding hydrogens is 230 g/mol. The van der Waals surface area contributed by atoms with Crippen LogP contribution in [0.4, 0.5) is 0 Å². The monoisotopic (exact) mass is 247 g/mol. The molecule has 7 nitrogen and oxygen atoms in total. The maximum absolute atomic E-state index is 11.3. The van der Waals surface area contributed by atoms with E-state index in [1.165, 1.54) is 18.9 Å². The summed E-state index contributed by atoms with van der Waals surface area (Å²) in [5.74, 6) is -0.267. The maximum Gasteiger partial charge on any atom is 0.219 e. The smallest absolute Gasteiger partial charge is 0.219 e. The van der Waals surface area contributed by atoms with Crippen molar-refractivity contribution < 1.29 is 29.6 Å². The number of rotatable bonds is 2. The molecule has 0 unspecified atom stereocenters. The highest BCUT2D eigenvalue weighted by molar-refractivity contribution is 5.73. The average Bonchev–Trinajstić information content (AvgIpc) is 2.69. The van der Waals surface area contributed by atoms with Gasteiger partial charge in [0, 0.05) is 14.0 Å². The van der Waals surface area contributed by atoms with Gasteiger partial charge in [0.25, 0.3) is 0 Å². The quantitative estimate of drug-likeness (QED) is 0.506. The number of nitrogens with zero attached hydrogens (tertiary/aromatic N) is 1. The molecule has 17 heavy (non-hydrogen) atoms. The van der Waals surface area contributed by atoms with Crippen molar-refractivity contribution in [3.05, 3.63) is 0 Å². The van der Waals surface area contributed by atoms with Gasteiger partial charge in [-0.2, -0.15) is 0 Å². The minimum atomic E-state index is -1.29.